The normalized spacial score (nSPS) is 23.2. The summed E-state index contributed by atoms with van der Waals surface area (Å²) in [6, 6.07) is -0.388. The lowest BCUT2D eigenvalue weighted by atomic mass is 9.99. The van der Waals surface area contributed by atoms with Crippen LogP contribution in [0, 0.1) is 5.92 Å². The fourth-order valence-electron chi connectivity index (χ4n) is 2.30. The molecule has 0 aliphatic carbocycles. The van der Waals surface area contributed by atoms with Crippen LogP contribution in [0.2, 0.25) is 0 Å². The van der Waals surface area contributed by atoms with E-state index in [-0.39, 0.29) is 29.1 Å². The number of ketones is 1. The number of likely N-dealkylation sites (tertiary alicyclic amines) is 1. The molecule has 1 rings (SSSR count). The first-order chi connectivity index (χ1) is 8.40. The van der Waals surface area contributed by atoms with Crippen molar-refractivity contribution in [2.45, 2.75) is 53.0 Å². The van der Waals surface area contributed by atoms with Crippen LogP contribution < -0.4 is 0 Å². The molecule has 0 aromatic rings. The van der Waals surface area contributed by atoms with Crippen molar-refractivity contribution in [3.05, 3.63) is 11.3 Å². The topological polar surface area (TPSA) is 57.6 Å². The van der Waals surface area contributed by atoms with Crippen molar-refractivity contribution in [1.29, 1.82) is 0 Å². The highest BCUT2D eigenvalue weighted by Gasteiger charge is 2.43. The van der Waals surface area contributed by atoms with Gasteiger partial charge in [0.05, 0.1) is 6.04 Å². The van der Waals surface area contributed by atoms with Crippen LogP contribution in [0.25, 0.3) is 0 Å². The fourth-order valence-corrected chi connectivity index (χ4v) is 2.30. The van der Waals surface area contributed by atoms with E-state index in [0.717, 1.165) is 12.8 Å². The Hall–Kier alpha value is -1.32. The van der Waals surface area contributed by atoms with Gasteiger partial charge < -0.3 is 10.0 Å². The molecule has 0 aromatic heterocycles. The summed E-state index contributed by atoms with van der Waals surface area (Å²) in [4.78, 5) is 26.0. The molecule has 1 fully saturated rings. The summed E-state index contributed by atoms with van der Waals surface area (Å²) >= 11 is 0. The molecule has 1 aliphatic rings. The number of carbonyl (C=O) groups is 2. The molecule has 4 heteroatoms. The molecule has 18 heavy (non-hydrogen) atoms. The first kappa shape index (κ1) is 14.7. The van der Waals surface area contributed by atoms with Crippen molar-refractivity contribution in [1.82, 2.24) is 4.90 Å². The van der Waals surface area contributed by atoms with E-state index in [2.05, 4.69) is 0 Å². The molecule has 102 valence electrons. The first-order valence-corrected chi connectivity index (χ1v) is 6.65. The van der Waals surface area contributed by atoms with Gasteiger partial charge in [-0.1, -0.05) is 27.2 Å². The molecule has 0 radical (unpaired) electrons. The van der Waals surface area contributed by atoms with Crippen LogP contribution in [0.1, 0.15) is 47.0 Å². The van der Waals surface area contributed by atoms with Crippen molar-refractivity contribution < 1.29 is 14.7 Å². The van der Waals surface area contributed by atoms with Gasteiger partial charge in [-0.2, -0.15) is 0 Å². The highest BCUT2D eigenvalue weighted by atomic mass is 16.3. The first-order valence-electron chi connectivity index (χ1n) is 6.65. The summed E-state index contributed by atoms with van der Waals surface area (Å²) in [7, 11) is 0. The van der Waals surface area contributed by atoms with E-state index in [4.69, 9.17) is 0 Å². The van der Waals surface area contributed by atoms with Crippen LogP contribution in [0.15, 0.2) is 11.3 Å². The standard InChI is InChI=1S/C14H23NO3/c1-5-6-7-15-11(8-9(2)3)13(17)12(10(4)16)14(15)18/h9,11,16H,5-8H2,1-4H3/b12-10+/t11-/m0/s1. The van der Waals surface area contributed by atoms with Crippen LogP contribution in [-0.4, -0.2) is 34.3 Å². The van der Waals surface area contributed by atoms with Gasteiger partial charge in [-0.3, -0.25) is 9.59 Å². The van der Waals surface area contributed by atoms with Gasteiger partial charge in [0.1, 0.15) is 11.3 Å². The Morgan fingerprint density at radius 1 is 1.39 bits per heavy atom. The van der Waals surface area contributed by atoms with Gasteiger partial charge in [-0.05, 0) is 25.7 Å². The van der Waals surface area contributed by atoms with Crippen molar-refractivity contribution >= 4 is 11.7 Å². The Balaban J connectivity index is 3.00. The second-order valence-corrected chi connectivity index (χ2v) is 5.32. The number of nitrogens with zero attached hydrogens (tertiary/aromatic N) is 1. The highest BCUT2D eigenvalue weighted by Crippen LogP contribution is 2.27. The van der Waals surface area contributed by atoms with Crippen LogP contribution in [0.5, 0.6) is 0 Å². The minimum absolute atomic E-state index is 0.0169. The molecule has 1 heterocycles. The number of hydrogen-bond donors (Lipinski definition) is 1. The molecule has 0 bridgehead atoms. The lowest BCUT2D eigenvalue weighted by molar-refractivity contribution is -0.127. The number of hydrogen-bond acceptors (Lipinski definition) is 3. The minimum atomic E-state index is -0.388. The maximum absolute atomic E-state index is 12.2. The maximum atomic E-state index is 12.2. The van der Waals surface area contributed by atoms with E-state index < -0.39 is 0 Å². The number of rotatable bonds is 5. The summed E-state index contributed by atoms with van der Waals surface area (Å²) in [5.74, 6) is -0.337. The minimum Gasteiger partial charge on any atom is -0.512 e. The van der Waals surface area contributed by atoms with Gasteiger partial charge in [-0.25, -0.2) is 0 Å². The predicted octanol–water partition coefficient (Wildman–Crippen LogP) is 2.44. The molecular weight excluding hydrogens is 230 g/mol. The number of amides is 1. The summed E-state index contributed by atoms with van der Waals surface area (Å²) in [6.45, 7) is 8.11. The van der Waals surface area contributed by atoms with Gasteiger partial charge >= 0.3 is 0 Å². The van der Waals surface area contributed by atoms with E-state index in [1.807, 2.05) is 20.8 Å². The smallest absolute Gasteiger partial charge is 0.261 e. The van der Waals surface area contributed by atoms with Crippen LogP contribution in [-0.2, 0) is 9.59 Å². The van der Waals surface area contributed by atoms with E-state index >= 15 is 0 Å². The van der Waals surface area contributed by atoms with Gasteiger partial charge in [0, 0.05) is 6.54 Å². The molecule has 1 saturated heterocycles. The average Bonchev–Trinajstić information content (AvgIpc) is 2.48. The second kappa shape index (κ2) is 6.03. The van der Waals surface area contributed by atoms with Crippen LogP contribution in [0.4, 0.5) is 0 Å². The largest absolute Gasteiger partial charge is 0.512 e. The monoisotopic (exact) mass is 253 g/mol. The Morgan fingerprint density at radius 3 is 2.44 bits per heavy atom. The molecule has 1 atom stereocenters. The number of aliphatic hydroxyl groups excluding tert-OH is 1. The van der Waals surface area contributed by atoms with E-state index in [9.17, 15) is 14.7 Å². The SMILES string of the molecule is CCCCN1C(=O)/C(=C(\C)O)C(=O)[C@@H]1CC(C)C. The summed E-state index contributed by atoms with van der Waals surface area (Å²) in [6.07, 6.45) is 2.51. The molecule has 1 aliphatic heterocycles. The van der Waals surface area contributed by atoms with E-state index in [0.29, 0.717) is 18.9 Å². The van der Waals surface area contributed by atoms with Crippen molar-refractivity contribution in [3.8, 4) is 0 Å². The van der Waals surface area contributed by atoms with Crippen molar-refractivity contribution in [2.24, 2.45) is 5.92 Å². The van der Waals surface area contributed by atoms with E-state index in [1.54, 1.807) is 4.90 Å². The predicted molar refractivity (Wildman–Crippen MR) is 70.2 cm³/mol. The van der Waals surface area contributed by atoms with Crippen LogP contribution in [0.3, 0.4) is 0 Å². The van der Waals surface area contributed by atoms with Gasteiger partial charge in [0.2, 0.25) is 0 Å². The van der Waals surface area contributed by atoms with E-state index in [1.165, 1.54) is 6.92 Å². The van der Waals surface area contributed by atoms with Gasteiger partial charge in [0.15, 0.2) is 5.78 Å². The third kappa shape index (κ3) is 2.92. The zero-order valence-corrected chi connectivity index (χ0v) is 11.7. The summed E-state index contributed by atoms with van der Waals surface area (Å²) in [5, 5.41) is 9.50. The third-order valence-electron chi connectivity index (χ3n) is 3.21. The summed E-state index contributed by atoms with van der Waals surface area (Å²) < 4.78 is 0. The van der Waals surface area contributed by atoms with Crippen molar-refractivity contribution in [2.75, 3.05) is 6.54 Å². The van der Waals surface area contributed by atoms with Crippen molar-refractivity contribution in [3.63, 3.8) is 0 Å². The number of unbranched alkanes of at least 4 members (excludes halogenated alkanes) is 1. The zero-order valence-electron chi connectivity index (χ0n) is 11.7. The highest BCUT2D eigenvalue weighted by molar-refractivity contribution is 6.26. The molecule has 0 spiro atoms. The number of Topliss-reactive ketones (excluding diaryl/α,β-unsaturated/α-hetero) is 1. The molecule has 4 nitrogen and oxygen atoms in total. The fraction of sp³-hybridized carbons (Fsp3) is 0.714. The maximum Gasteiger partial charge on any atom is 0.261 e. The van der Waals surface area contributed by atoms with Gasteiger partial charge in [0.25, 0.3) is 5.91 Å². The molecular formula is C14H23NO3. The lowest BCUT2D eigenvalue weighted by Crippen LogP contribution is -2.37. The second-order valence-electron chi connectivity index (χ2n) is 5.32. The van der Waals surface area contributed by atoms with Crippen LogP contribution >= 0.6 is 0 Å². The lowest BCUT2D eigenvalue weighted by Gasteiger charge is -2.24. The number of carbonyl (C=O) groups excluding carboxylic acids is 2. The molecule has 0 aromatic carbocycles. The average molecular weight is 253 g/mol. The molecule has 1 N–H and O–H groups in total. The Labute approximate surface area is 109 Å². The quantitative estimate of drug-likeness (QED) is 0.465. The van der Waals surface area contributed by atoms with Gasteiger partial charge in [-0.15, -0.1) is 0 Å². The zero-order chi connectivity index (χ0) is 13.9. The molecule has 1 amide bonds. The Bertz CT molecular complexity index is 367. The number of aliphatic hydroxyl groups is 1. The Morgan fingerprint density at radius 2 is 2.00 bits per heavy atom. The Kier molecular flexibility index (Phi) is 4.93. The molecule has 0 saturated carbocycles. The summed E-state index contributed by atoms with van der Waals surface area (Å²) in [5.41, 5.74) is -0.0169. The molecule has 0 unspecified atom stereocenters. The third-order valence-corrected chi connectivity index (χ3v) is 3.21. The number of allylic oxidation sites excluding steroid dienone is 1.